The summed E-state index contributed by atoms with van der Waals surface area (Å²) in [7, 11) is 116. The van der Waals surface area contributed by atoms with Gasteiger partial charge in [-0.05, 0) is 223 Å². The lowest BCUT2D eigenvalue weighted by Gasteiger charge is -2.61. The van der Waals surface area contributed by atoms with Crippen molar-refractivity contribution >= 4 is 511 Å². The summed E-state index contributed by atoms with van der Waals surface area (Å²) in [5.74, 6) is 0. The van der Waals surface area contributed by atoms with E-state index >= 15 is 0 Å². The smallest absolute Gasteiger partial charge is 0.00000992 e. The first-order valence-corrected chi connectivity index (χ1v) is 132. The standard InChI is InChI=1S/CH68P64/c1-34-51(35(2)3)59(50(32)33)63(58(48(28)29)49(30)31)65(62(56(44(20)21)45(22)23)57(46(24)25)47(26)27)64(60(52(36(4)5)37(6)7)53(38(8)9)39(10)11)61(54(40(12)13)41(14)15)55(42(16)17)43(18)19/h34H,2-33H2,1H3. The molecule has 0 amide bonds. The van der Waals surface area contributed by atoms with E-state index in [-0.39, 0.29) is 217 Å². The minimum atomic E-state index is -0.301. The van der Waals surface area contributed by atoms with Gasteiger partial charge in [-0.15, -0.1) is 286 Å². The van der Waals surface area contributed by atoms with Gasteiger partial charge >= 0.3 is 0 Å². The molecule has 64 heteroatoms. The molecule has 0 aromatic carbocycles. The third-order valence-electron chi connectivity index (χ3n) is 5.77. The van der Waals surface area contributed by atoms with Gasteiger partial charge < -0.3 is 0 Å². The third kappa shape index (κ3) is 32.8. The Bertz CT molecular complexity index is 1050. The molecule has 0 nitrogen and oxygen atoms in total. The van der Waals surface area contributed by atoms with Crippen LogP contribution in [0, 0.1) is 0 Å². The molecule has 0 heterocycles. The van der Waals surface area contributed by atoms with Gasteiger partial charge in [0, 0.05) is 0 Å². The van der Waals surface area contributed by atoms with Gasteiger partial charge in [-0.2, -0.15) is 0 Å². The molecule has 65 heavy (non-hydrogen) atoms. The van der Waals surface area contributed by atoms with Crippen molar-refractivity contribution in [3.63, 3.8) is 0 Å². The molecule has 37 unspecified atom stereocenters. The molecule has 37 atom stereocenters. The summed E-state index contributed by atoms with van der Waals surface area (Å²) in [6.07, 6.45) is 0. The van der Waals surface area contributed by atoms with E-state index in [1.54, 1.807) is 0 Å². The topological polar surface area (TPSA) is 0 Å². The van der Waals surface area contributed by atoms with Crippen LogP contribution in [0.15, 0.2) is 0 Å². The Morgan fingerprint density at radius 3 is 0.354 bits per heavy atom. The van der Waals surface area contributed by atoms with Crippen LogP contribution in [0.5, 0.6) is 0 Å². The molecule has 0 aromatic heterocycles. The van der Waals surface area contributed by atoms with E-state index in [9.17, 15) is 0 Å². The zero-order chi connectivity index (χ0) is 51.6. The third-order valence-corrected chi connectivity index (χ3v) is 456. The molecule has 0 radical (unpaired) electrons. The molecule has 0 aliphatic heterocycles. The predicted molar refractivity (Wildman–Crippen MR) is 539 cm³/mol. The van der Waals surface area contributed by atoms with Crippen molar-refractivity contribution < 1.29 is 0 Å². The van der Waals surface area contributed by atoms with Gasteiger partial charge in [0.1, 0.15) is 0 Å². The summed E-state index contributed by atoms with van der Waals surface area (Å²) in [5, 5.41) is 0. The largest absolute Gasteiger partial charge is 0.102 e. The molecule has 0 bridgehead atoms. The molecule has 0 aromatic rings. The van der Waals surface area contributed by atoms with Crippen LogP contribution in [-0.2, 0) is 0 Å². The van der Waals surface area contributed by atoms with E-state index in [1.165, 1.54) is 0 Å². The van der Waals surface area contributed by atoms with Crippen LogP contribution in [0.4, 0.5) is 0 Å². The maximum atomic E-state index is 3.67. The molecule has 0 fully saturated rings. The maximum Gasteiger partial charge on any atom is -0.00000992 e. The Morgan fingerprint density at radius 1 is 0.154 bits per heavy atom. The second-order valence-corrected chi connectivity index (χ2v) is 275. The first-order valence-electron chi connectivity index (χ1n) is 15.0. The summed E-state index contributed by atoms with van der Waals surface area (Å²) in [4.78, 5) is 0. The van der Waals surface area contributed by atoms with Gasteiger partial charge in [-0.25, -0.2) is 0 Å². The van der Waals surface area contributed by atoms with Crippen LogP contribution < -0.4 is 0 Å². The fraction of sp³-hybridized carbons (Fsp3) is 1.00. The SMILES string of the molecule is CPP(P(P)P)P(P(P)P)P(P(P(P)P)P(P)P)P(P(P(P(P)P)P(P)P)P(P(P)P)P(P)P)P(P(P(P(P)P)P(P)P)P(P(P)P)P(P)P)P(P(P(P)P)P(P)P)P(P(P)P)P(P)P. The highest BCUT2D eigenvalue weighted by Gasteiger charge is 2.62. The van der Waals surface area contributed by atoms with E-state index in [2.05, 4.69) is 292 Å². The van der Waals surface area contributed by atoms with Crippen molar-refractivity contribution in [3.8, 4) is 0 Å². The first-order chi connectivity index (χ1) is 29.6. The van der Waals surface area contributed by atoms with E-state index in [0.717, 1.165) is 8.27 Å². The van der Waals surface area contributed by atoms with Crippen molar-refractivity contribution in [1.29, 1.82) is 0 Å². The molecule has 0 spiro atoms. The molecule has 0 aliphatic rings. The van der Waals surface area contributed by atoms with Gasteiger partial charge in [0.05, 0.1) is 0 Å². The minimum absolute atomic E-state index is 0.0908. The van der Waals surface area contributed by atoms with Crippen LogP contribution in [0.25, 0.3) is 0 Å². The first kappa shape index (κ1) is 92.5. The van der Waals surface area contributed by atoms with Gasteiger partial charge in [-0.1, -0.05) is 8.27 Å². The van der Waals surface area contributed by atoms with Crippen LogP contribution in [0.3, 0.4) is 0 Å². The quantitative estimate of drug-likeness (QED) is 0.0607. The van der Waals surface area contributed by atoms with E-state index < -0.39 is 0 Å². The molecule has 392 valence electrons. The monoisotopic (exact) mass is 2060 g/mol. The van der Waals surface area contributed by atoms with Crippen LogP contribution in [-0.4, -0.2) is 6.66 Å². The van der Waals surface area contributed by atoms with Crippen LogP contribution >= 0.6 is 511 Å². The van der Waals surface area contributed by atoms with E-state index in [4.69, 9.17) is 0 Å². The molecule has 0 saturated heterocycles. The fourth-order valence-corrected chi connectivity index (χ4v) is 934. The summed E-state index contributed by atoms with van der Waals surface area (Å²) in [6, 6.07) is 0. The summed E-state index contributed by atoms with van der Waals surface area (Å²) >= 11 is 0. The second kappa shape index (κ2) is 50.8. The molecule has 0 N–H and O–H groups in total. The number of hydrogen-bond acceptors (Lipinski definition) is 0. The molecule has 0 rings (SSSR count). The summed E-state index contributed by atoms with van der Waals surface area (Å²) in [5.41, 5.74) is 0. The molecular weight excluding hydrogens is 1990 g/mol. The molecular formula is CH68P64. The van der Waals surface area contributed by atoms with Gasteiger partial charge in [-0.3, -0.25) is 0 Å². The van der Waals surface area contributed by atoms with Crippen molar-refractivity contribution in [2.24, 2.45) is 0 Å². The minimum Gasteiger partial charge on any atom is -0.102 e. The van der Waals surface area contributed by atoms with Crippen molar-refractivity contribution in [2.45, 2.75) is 0 Å². The predicted octanol–water partition coefficient (Wildman–Crippen LogP) is 37.9. The zero-order valence-electron chi connectivity index (χ0n) is 33.8. The molecule has 0 saturated carbocycles. The Morgan fingerprint density at radius 2 is 0.262 bits per heavy atom. The number of hydrogen-bond donors (Lipinski definition) is 0. The van der Waals surface area contributed by atoms with Crippen LogP contribution in [0.2, 0.25) is 0 Å². The Kier molecular flexibility index (Phi) is 72.3. The average molecular weight is 2060 g/mol. The summed E-state index contributed by atoms with van der Waals surface area (Å²) < 4.78 is 0. The summed E-state index contributed by atoms with van der Waals surface area (Å²) in [6.45, 7) is -4.90. The molecule has 0 aliphatic carbocycles. The Labute approximate surface area is 509 Å². The van der Waals surface area contributed by atoms with Crippen molar-refractivity contribution in [3.05, 3.63) is 0 Å². The van der Waals surface area contributed by atoms with E-state index in [1.807, 2.05) is 0 Å². The Hall–Kier alpha value is 27.5. The highest BCUT2D eigenvalue weighted by molar-refractivity contribution is 9.55. The lowest BCUT2D eigenvalue weighted by molar-refractivity contribution is 2.51. The zero-order valence-corrected chi connectivity index (χ0v) is 99.5. The normalized spacial score (nSPS) is 16.4. The average Bonchev–Trinajstić information content (AvgIpc) is 3.08. The fourth-order valence-electron chi connectivity index (χ4n) is 3.98. The maximum absolute atomic E-state index is 3.67. The van der Waals surface area contributed by atoms with Gasteiger partial charge in [0.25, 0.3) is 0 Å². The second-order valence-electron chi connectivity index (χ2n) is 10.3. The lowest BCUT2D eigenvalue weighted by Crippen LogP contribution is -1.73. The van der Waals surface area contributed by atoms with E-state index in [0.29, 0.717) is 0 Å². The van der Waals surface area contributed by atoms with Crippen LogP contribution in [0.1, 0.15) is 0 Å². The van der Waals surface area contributed by atoms with Crippen molar-refractivity contribution in [1.82, 2.24) is 0 Å². The highest BCUT2D eigenvalue weighted by Crippen LogP contribution is 3.49. The van der Waals surface area contributed by atoms with Crippen molar-refractivity contribution in [2.75, 3.05) is 6.66 Å². The van der Waals surface area contributed by atoms with Gasteiger partial charge in [0.2, 0.25) is 0 Å². The Balaban J connectivity index is 11.2. The van der Waals surface area contributed by atoms with Gasteiger partial charge in [0.15, 0.2) is 0 Å². The number of rotatable bonds is 31. The highest BCUT2D eigenvalue weighted by atomic mass is 33.6. The lowest BCUT2D eigenvalue weighted by atomic mass is 12.0.